The molecular formula is C23H24ClN3O2. The smallest absolute Gasteiger partial charge is 0.269 e. The molecule has 4 rings (SSSR count). The van der Waals surface area contributed by atoms with Crippen LogP contribution in [0.4, 0.5) is 5.69 Å². The Labute approximate surface area is 175 Å². The average molecular weight is 410 g/mol. The van der Waals surface area contributed by atoms with E-state index in [4.69, 9.17) is 11.6 Å². The van der Waals surface area contributed by atoms with Crippen molar-refractivity contribution in [1.29, 1.82) is 0 Å². The number of non-ortho nitro benzene ring substituents is 1. The van der Waals surface area contributed by atoms with Crippen molar-refractivity contribution in [3.05, 3.63) is 97.8 Å². The second-order valence-corrected chi connectivity index (χ2v) is 8.14. The van der Waals surface area contributed by atoms with E-state index in [0.717, 1.165) is 25.1 Å². The van der Waals surface area contributed by atoms with E-state index in [2.05, 4.69) is 59.8 Å². The van der Waals surface area contributed by atoms with Crippen molar-refractivity contribution in [1.82, 2.24) is 9.47 Å². The molecule has 5 nitrogen and oxygen atoms in total. The van der Waals surface area contributed by atoms with Gasteiger partial charge in [0.2, 0.25) is 0 Å². The molecule has 29 heavy (non-hydrogen) atoms. The van der Waals surface area contributed by atoms with Gasteiger partial charge in [0.1, 0.15) is 0 Å². The van der Waals surface area contributed by atoms with E-state index in [1.807, 2.05) is 0 Å². The van der Waals surface area contributed by atoms with Gasteiger partial charge in [-0.1, -0.05) is 29.8 Å². The first kappa shape index (κ1) is 19.7. The quantitative estimate of drug-likeness (QED) is 0.412. The monoisotopic (exact) mass is 409 g/mol. The van der Waals surface area contributed by atoms with Crippen LogP contribution in [-0.4, -0.2) is 20.9 Å². The molecule has 0 bridgehead atoms. The lowest BCUT2D eigenvalue weighted by atomic mass is 9.97. The van der Waals surface area contributed by atoms with Crippen molar-refractivity contribution in [2.24, 2.45) is 0 Å². The van der Waals surface area contributed by atoms with Crippen molar-refractivity contribution >= 4 is 17.3 Å². The van der Waals surface area contributed by atoms with Gasteiger partial charge in [-0.05, 0) is 60.7 Å². The second-order valence-electron chi connectivity index (χ2n) is 7.73. The molecule has 150 valence electrons. The maximum Gasteiger partial charge on any atom is 0.269 e. The topological polar surface area (TPSA) is 51.3 Å². The molecule has 0 spiro atoms. The van der Waals surface area contributed by atoms with Crippen molar-refractivity contribution < 1.29 is 4.92 Å². The zero-order chi connectivity index (χ0) is 20.5. The number of rotatable bonds is 4. The van der Waals surface area contributed by atoms with Gasteiger partial charge in [-0.15, -0.1) is 0 Å². The molecule has 0 saturated carbocycles. The first-order valence-electron chi connectivity index (χ1n) is 9.83. The summed E-state index contributed by atoms with van der Waals surface area (Å²) in [6.45, 7) is 6.66. The highest BCUT2D eigenvalue weighted by Gasteiger charge is 2.28. The van der Waals surface area contributed by atoms with Gasteiger partial charge < -0.3 is 4.57 Å². The van der Waals surface area contributed by atoms with E-state index in [1.165, 1.54) is 28.5 Å². The Bertz CT molecular complexity index is 1060. The molecule has 0 fully saturated rings. The van der Waals surface area contributed by atoms with Crippen molar-refractivity contribution in [3.63, 3.8) is 0 Å². The van der Waals surface area contributed by atoms with Crippen LogP contribution < -0.4 is 0 Å². The fraction of sp³-hybridized carbons (Fsp3) is 0.304. The van der Waals surface area contributed by atoms with E-state index in [0.29, 0.717) is 11.6 Å². The molecule has 0 radical (unpaired) electrons. The number of nitro benzene ring substituents is 1. The molecule has 1 aromatic heterocycles. The van der Waals surface area contributed by atoms with Crippen LogP contribution in [0.25, 0.3) is 0 Å². The molecule has 1 unspecified atom stereocenters. The Morgan fingerprint density at radius 2 is 1.93 bits per heavy atom. The number of hydrogen-bond acceptors (Lipinski definition) is 3. The summed E-state index contributed by atoms with van der Waals surface area (Å²) in [7, 11) is 0. The Hall–Kier alpha value is -2.63. The third kappa shape index (κ3) is 3.93. The summed E-state index contributed by atoms with van der Waals surface area (Å²) in [4.78, 5) is 13.3. The number of nitrogens with zero attached hydrogens (tertiary/aromatic N) is 3. The van der Waals surface area contributed by atoms with Crippen molar-refractivity contribution in [2.75, 3.05) is 6.54 Å². The van der Waals surface area contributed by atoms with Gasteiger partial charge in [0.05, 0.1) is 11.0 Å². The number of nitro groups is 1. The Morgan fingerprint density at radius 3 is 2.69 bits per heavy atom. The molecule has 2 aromatic carbocycles. The normalized spacial score (nSPS) is 17.0. The van der Waals surface area contributed by atoms with Crippen LogP contribution in [0.2, 0.25) is 5.02 Å². The van der Waals surface area contributed by atoms with Crippen molar-refractivity contribution in [2.45, 2.75) is 39.4 Å². The first-order chi connectivity index (χ1) is 13.9. The van der Waals surface area contributed by atoms with Crippen LogP contribution in [0.3, 0.4) is 0 Å². The Morgan fingerprint density at radius 1 is 1.10 bits per heavy atom. The third-order valence-electron chi connectivity index (χ3n) is 5.81. The number of halogens is 1. The molecule has 1 atom stereocenters. The molecule has 3 aromatic rings. The fourth-order valence-electron chi connectivity index (χ4n) is 4.14. The summed E-state index contributed by atoms with van der Waals surface area (Å²) in [5, 5.41) is 11.8. The van der Waals surface area contributed by atoms with Gasteiger partial charge >= 0.3 is 0 Å². The van der Waals surface area contributed by atoms with Crippen LogP contribution in [0.1, 0.15) is 40.4 Å². The van der Waals surface area contributed by atoms with Gasteiger partial charge in [-0.2, -0.15) is 0 Å². The average Bonchev–Trinajstić information content (AvgIpc) is 3.07. The minimum atomic E-state index is -0.367. The maximum absolute atomic E-state index is 11.2. The summed E-state index contributed by atoms with van der Waals surface area (Å²) in [5.41, 5.74) is 5.87. The van der Waals surface area contributed by atoms with E-state index >= 15 is 0 Å². The third-order valence-corrected chi connectivity index (χ3v) is 6.18. The van der Waals surface area contributed by atoms with Crippen LogP contribution in [-0.2, 0) is 13.1 Å². The van der Waals surface area contributed by atoms with Crippen molar-refractivity contribution in [3.8, 4) is 0 Å². The lowest BCUT2D eigenvalue weighted by Gasteiger charge is -2.31. The van der Waals surface area contributed by atoms with Gasteiger partial charge in [0, 0.05) is 48.7 Å². The minimum absolute atomic E-state index is 0.0714. The molecule has 6 heteroatoms. The zero-order valence-electron chi connectivity index (χ0n) is 16.6. The Kier molecular flexibility index (Phi) is 5.43. The predicted molar refractivity (Wildman–Crippen MR) is 115 cm³/mol. The maximum atomic E-state index is 11.2. The van der Waals surface area contributed by atoms with Crippen LogP contribution in [0.15, 0.2) is 54.7 Å². The standard InChI is InChI=1S/C23H24ClN3O2/c1-16-6-7-18(13-17(16)2)23-22-5-3-10-25(22)11-4-12-26(23)15-19-14-20(27(28)29)8-9-21(19)24/h3,5-10,13-14,23H,4,11-12,15H2,1-2H3. The summed E-state index contributed by atoms with van der Waals surface area (Å²) >= 11 is 6.43. The summed E-state index contributed by atoms with van der Waals surface area (Å²) in [6.07, 6.45) is 3.14. The molecule has 0 aliphatic carbocycles. The zero-order valence-corrected chi connectivity index (χ0v) is 17.4. The molecular weight excluding hydrogens is 386 g/mol. The molecule has 0 amide bonds. The number of benzene rings is 2. The van der Waals surface area contributed by atoms with Gasteiger partial charge in [0.25, 0.3) is 5.69 Å². The lowest BCUT2D eigenvalue weighted by molar-refractivity contribution is -0.384. The van der Waals surface area contributed by atoms with E-state index < -0.39 is 0 Å². The van der Waals surface area contributed by atoms with E-state index in [1.54, 1.807) is 12.1 Å². The van der Waals surface area contributed by atoms with Crippen LogP contribution in [0.5, 0.6) is 0 Å². The lowest BCUT2D eigenvalue weighted by Crippen LogP contribution is -2.29. The second kappa shape index (κ2) is 8.01. The Balaban J connectivity index is 1.77. The highest BCUT2D eigenvalue weighted by Crippen LogP contribution is 2.35. The number of hydrogen-bond donors (Lipinski definition) is 0. The molecule has 0 saturated heterocycles. The fourth-order valence-corrected chi connectivity index (χ4v) is 4.32. The molecule has 0 N–H and O–H groups in total. The molecule has 1 aliphatic heterocycles. The largest absolute Gasteiger partial charge is 0.350 e. The molecule has 2 heterocycles. The van der Waals surface area contributed by atoms with Gasteiger partial charge in [-0.3, -0.25) is 15.0 Å². The highest BCUT2D eigenvalue weighted by molar-refractivity contribution is 6.31. The number of fused-ring (bicyclic) bond motifs is 1. The van der Waals surface area contributed by atoms with Gasteiger partial charge in [-0.25, -0.2) is 0 Å². The SMILES string of the molecule is Cc1ccc(C2c3cccn3CCCN2Cc2cc([N+](=O)[O-])ccc2Cl)cc1C. The summed E-state index contributed by atoms with van der Waals surface area (Å²) < 4.78 is 2.31. The van der Waals surface area contributed by atoms with E-state index in [9.17, 15) is 10.1 Å². The van der Waals surface area contributed by atoms with Crippen LogP contribution in [0, 0.1) is 24.0 Å². The minimum Gasteiger partial charge on any atom is -0.350 e. The first-order valence-corrected chi connectivity index (χ1v) is 10.2. The van der Waals surface area contributed by atoms with E-state index in [-0.39, 0.29) is 16.7 Å². The van der Waals surface area contributed by atoms with Gasteiger partial charge in [0.15, 0.2) is 0 Å². The summed E-state index contributed by atoms with van der Waals surface area (Å²) in [5.74, 6) is 0. The van der Waals surface area contributed by atoms with Crippen LogP contribution >= 0.6 is 11.6 Å². The highest BCUT2D eigenvalue weighted by atomic mass is 35.5. The summed E-state index contributed by atoms with van der Waals surface area (Å²) in [6, 6.07) is 15.6. The number of aryl methyl sites for hydroxylation is 3. The molecule has 1 aliphatic rings. The number of aromatic nitrogens is 1. The predicted octanol–water partition coefficient (Wildman–Crippen LogP) is 5.66.